The third-order valence-electron chi connectivity index (χ3n) is 13.8. The number of carbonyl (C=O) groups excluding carboxylic acids is 2. The lowest BCUT2D eigenvalue weighted by atomic mass is 9.99. The second-order valence-corrected chi connectivity index (χ2v) is 20.3. The van der Waals surface area contributed by atoms with Crippen molar-refractivity contribution in [1.29, 1.82) is 0 Å². The van der Waals surface area contributed by atoms with Gasteiger partial charge in [-0.15, -0.1) is 0 Å². The molecular weight excluding hydrogens is 871 g/mol. The van der Waals surface area contributed by atoms with Crippen LogP contribution in [0.3, 0.4) is 0 Å². The Bertz CT molecular complexity index is 1200. The van der Waals surface area contributed by atoms with E-state index in [1.165, 1.54) is 167 Å². The molecule has 6 N–H and O–H groups in total. The maximum absolute atomic E-state index is 13.0. The van der Waals surface area contributed by atoms with Crippen LogP contribution >= 0.6 is 0 Å². The molecule has 1 saturated heterocycles. The van der Waals surface area contributed by atoms with Gasteiger partial charge in [0.25, 0.3) is 0 Å². The molecular formula is C58H109NO10. The number of amides is 1. The van der Waals surface area contributed by atoms with Crippen molar-refractivity contribution >= 4 is 11.9 Å². The predicted octanol–water partition coefficient (Wildman–Crippen LogP) is 12.9. The van der Waals surface area contributed by atoms with Crippen molar-refractivity contribution in [3.05, 3.63) is 24.3 Å². The van der Waals surface area contributed by atoms with Gasteiger partial charge < -0.3 is 45.1 Å². The molecule has 1 aliphatic rings. The first kappa shape index (κ1) is 65.2. The smallest absolute Gasteiger partial charge is 0.305 e. The van der Waals surface area contributed by atoms with Gasteiger partial charge in [-0.1, -0.05) is 224 Å². The van der Waals surface area contributed by atoms with Gasteiger partial charge in [0.15, 0.2) is 6.29 Å². The van der Waals surface area contributed by atoms with E-state index in [1.54, 1.807) is 6.08 Å². The summed E-state index contributed by atoms with van der Waals surface area (Å²) in [6, 6.07) is -0.815. The van der Waals surface area contributed by atoms with Crippen LogP contribution in [0.25, 0.3) is 0 Å². The van der Waals surface area contributed by atoms with Crippen LogP contribution < -0.4 is 5.32 Å². The van der Waals surface area contributed by atoms with Crippen molar-refractivity contribution in [3.63, 3.8) is 0 Å². The van der Waals surface area contributed by atoms with Gasteiger partial charge in [0.2, 0.25) is 5.91 Å². The Hall–Kier alpha value is -1.86. The normalized spacial score (nSPS) is 19.4. The van der Waals surface area contributed by atoms with Crippen molar-refractivity contribution in [2.24, 2.45) is 0 Å². The molecule has 0 aromatic carbocycles. The van der Waals surface area contributed by atoms with Crippen LogP contribution in [-0.2, 0) is 23.8 Å². The molecule has 7 atom stereocenters. The van der Waals surface area contributed by atoms with Crippen molar-refractivity contribution in [1.82, 2.24) is 5.32 Å². The Morgan fingerprint density at radius 1 is 0.522 bits per heavy atom. The van der Waals surface area contributed by atoms with Crippen LogP contribution in [-0.4, -0.2) is 100 Å². The van der Waals surface area contributed by atoms with Gasteiger partial charge in [-0.05, 0) is 57.8 Å². The molecule has 0 aliphatic carbocycles. The lowest BCUT2D eigenvalue weighted by Crippen LogP contribution is -2.60. The van der Waals surface area contributed by atoms with Crippen LogP contribution in [0.1, 0.15) is 271 Å². The summed E-state index contributed by atoms with van der Waals surface area (Å²) in [6.07, 6.45) is 46.9. The molecule has 0 aromatic rings. The van der Waals surface area contributed by atoms with E-state index in [0.717, 1.165) is 77.0 Å². The second-order valence-electron chi connectivity index (χ2n) is 20.3. The topological polar surface area (TPSA) is 175 Å². The van der Waals surface area contributed by atoms with E-state index in [-0.39, 0.29) is 18.5 Å². The molecule has 1 heterocycles. The van der Waals surface area contributed by atoms with Gasteiger partial charge in [-0.3, -0.25) is 9.59 Å². The number of nitrogens with one attached hydrogen (secondary N) is 1. The first-order valence-corrected chi connectivity index (χ1v) is 29.1. The number of esters is 1. The monoisotopic (exact) mass is 980 g/mol. The SMILES string of the molecule is CCCCCCCCCCC/C=C/C(O)C(COC1OC(CO)C(O)C(O)C1O)NC(=O)CCCCCCCCC/C=C\CCCCCCCCCCOC(=O)CCCCCCCCCCCCC. The first-order valence-electron chi connectivity index (χ1n) is 29.1. The van der Waals surface area contributed by atoms with Gasteiger partial charge >= 0.3 is 5.97 Å². The molecule has 406 valence electrons. The molecule has 11 heteroatoms. The Labute approximate surface area is 422 Å². The van der Waals surface area contributed by atoms with E-state index in [2.05, 4.69) is 31.3 Å². The summed E-state index contributed by atoms with van der Waals surface area (Å²) in [4.78, 5) is 25.0. The van der Waals surface area contributed by atoms with Crippen molar-refractivity contribution in [3.8, 4) is 0 Å². The zero-order chi connectivity index (χ0) is 50.3. The minimum absolute atomic E-state index is 0.0113. The Balaban J connectivity index is 2.09. The molecule has 69 heavy (non-hydrogen) atoms. The highest BCUT2D eigenvalue weighted by Gasteiger charge is 2.44. The number of aliphatic hydroxyl groups is 5. The van der Waals surface area contributed by atoms with Gasteiger partial charge in [0.1, 0.15) is 24.4 Å². The van der Waals surface area contributed by atoms with E-state index in [4.69, 9.17) is 14.2 Å². The summed E-state index contributed by atoms with van der Waals surface area (Å²) < 4.78 is 16.7. The molecule has 1 amide bonds. The summed E-state index contributed by atoms with van der Waals surface area (Å²) in [7, 11) is 0. The predicted molar refractivity (Wildman–Crippen MR) is 283 cm³/mol. The van der Waals surface area contributed by atoms with Gasteiger partial charge in [0, 0.05) is 12.8 Å². The zero-order valence-electron chi connectivity index (χ0n) is 44.5. The van der Waals surface area contributed by atoms with Crippen LogP contribution in [0.15, 0.2) is 24.3 Å². The molecule has 0 spiro atoms. The van der Waals surface area contributed by atoms with Gasteiger partial charge in [0.05, 0.1) is 32.0 Å². The molecule has 0 aromatic heterocycles. The minimum Gasteiger partial charge on any atom is -0.466 e. The molecule has 1 fully saturated rings. The zero-order valence-corrected chi connectivity index (χ0v) is 44.5. The van der Waals surface area contributed by atoms with E-state index >= 15 is 0 Å². The fourth-order valence-electron chi connectivity index (χ4n) is 9.13. The molecule has 11 nitrogen and oxygen atoms in total. The minimum atomic E-state index is -1.57. The number of hydrogen-bond donors (Lipinski definition) is 6. The number of carbonyl (C=O) groups is 2. The highest BCUT2D eigenvalue weighted by Crippen LogP contribution is 2.23. The second kappa shape index (κ2) is 48.4. The maximum Gasteiger partial charge on any atom is 0.305 e. The average Bonchev–Trinajstić information content (AvgIpc) is 3.34. The third kappa shape index (κ3) is 38.4. The summed E-state index contributed by atoms with van der Waals surface area (Å²) in [6.45, 7) is 4.31. The van der Waals surface area contributed by atoms with Gasteiger partial charge in [-0.25, -0.2) is 0 Å². The van der Waals surface area contributed by atoms with Crippen molar-refractivity contribution in [2.45, 2.75) is 314 Å². The Morgan fingerprint density at radius 3 is 1.39 bits per heavy atom. The van der Waals surface area contributed by atoms with E-state index in [1.807, 2.05) is 6.08 Å². The molecule has 0 saturated carbocycles. The number of rotatable bonds is 50. The largest absolute Gasteiger partial charge is 0.466 e. The average molecular weight is 981 g/mol. The Kier molecular flexibility index (Phi) is 45.7. The number of unbranched alkanes of at least 4 members (excludes halogenated alkanes) is 34. The lowest BCUT2D eigenvalue weighted by Gasteiger charge is -2.40. The van der Waals surface area contributed by atoms with Crippen molar-refractivity contribution < 1.29 is 49.3 Å². The number of aliphatic hydroxyl groups excluding tert-OH is 5. The van der Waals surface area contributed by atoms with Crippen molar-refractivity contribution in [2.75, 3.05) is 19.8 Å². The fraction of sp³-hybridized carbons (Fsp3) is 0.897. The summed E-state index contributed by atoms with van der Waals surface area (Å²) in [5, 5.41) is 54.3. The standard InChI is InChI=1S/C58H109NO10/c1-3-5-7-9-11-13-24-28-32-36-40-44-51(61)50(49-68-58-57(66)56(65)55(64)52(48-60)69-58)59-53(62)45-41-37-33-29-26-22-20-18-16-15-17-19-21-23-27-31-35-39-43-47-67-54(63)46-42-38-34-30-25-14-12-10-8-6-4-2/h15-16,40,44,50-52,55-58,60-61,64-66H,3-14,17-39,41-43,45-49H2,1-2H3,(H,59,62)/b16-15-,44-40+. The van der Waals surface area contributed by atoms with Crippen LogP contribution in [0.4, 0.5) is 0 Å². The molecule has 1 rings (SSSR count). The van der Waals surface area contributed by atoms with Crippen LogP contribution in [0.2, 0.25) is 0 Å². The number of hydrogen-bond acceptors (Lipinski definition) is 10. The fourth-order valence-corrected chi connectivity index (χ4v) is 9.13. The summed E-state index contributed by atoms with van der Waals surface area (Å²) in [5.41, 5.74) is 0. The van der Waals surface area contributed by atoms with E-state index < -0.39 is 49.5 Å². The Morgan fingerprint density at radius 2 is 0.928 bits per heavy atom. The number of allylic oxidation sites excluding steroid dienone is 3. The van der Waals surface area contributed by atoms with Crippen LogP contribution in [0.5, 0.6) is 0 Å². The molecule has 0 bridgehead atoms. The molecule has 0 radical (unpaired) electrons. The van der Waals surface area contributed by atoms with Gasteiger partial charge in [-0.2, -0.15) is 0 Å². The number of ether oxygens (including phenoxy) is 3. The highest BCUT2D eigenvalue weighted by atomic mass is 16.7. The third-order valence-corrected chi connectivity index (χ3v) is 13.8. The quantitative estimate of drug-likeness (QED) is 0.0196. The lowest BCUT2D eigenvalue weighted by molar-refractivity contribution is -0.302. The van der Waals surface area contributed by atoms with E-state index in [9.17, 15) is 35.1 Å². The summed E-state index contributed by atoms with van der Waals surface area (Å²) >= 11 is 0. The molecule has 1 aliphatic heterocycles. The summed E-state index contributed by atoms with van der Waals surface area (Å²) in [5.74, 6) is -0.203. The highest BCUT2D eigenvalue weighted by molar-refractivity contribution is 5.76. The van der Waals surface area contributed by atoms with Crippen LogP contribution in [0, 0.1) is 0 Å². The van der Waals surface area contributed by atoms with E-state index in [0.29, 0.717) is 19.4 Å². The first-order chi connectivity index (χ1) is 33.7. The maximum atomic E-state index is 13.0. The molecule has 7 unspecified atom stereocenters.